The highest BCUT2D eigenvalue weighted by atomic mass is 19.3. The Morgan fingerprint density at radius 1 is 1.20 bits per heavy atom. The second-order valence-corrected chi connectivity index (χ2v) is 3.73. The summed E-state index contributed by atoms with van der Waals surface area (Å²) < 4.78 is 50.4. The highest BCUT2D eigenvalue weighted by Crippen LogP contribution is 2.28. The Balaban J connectivity index is 3.16. The molecule has 0 aliphatic rings. The lowest BCUT2D eigenvalue weighted by Crippen LogP contribution is -2.49. The van der Waals surface area contributed by atoms with E-state index in [1.807, 2.05) is 0 Å². The minimum Gasteiger partial charge on any atom is -0.508 e. The quantitative estimate of drug-likeness (QED) is 0.811. The molecule has 9 heteroatoms. The fraction of sp³-hybridized carbons (Fsp3) is 0.273. The first-order valence-corrected chi connectivity index (χ1v) is 5.15. The van der Waals surface area contributed by atoms with Crippen LogP contribution < -0.4 is 4.90 Å². The average molecular weight is 295 g/mol. The van der Waals surface area contributed by atoms with Gasteiger partial charge in [-0.15, -0.1) is 0 Å². The molecule has 0 aromatic heterocycles. The van der Waals surface area contributed by atoms with Gasteiger partial charge in [0.1, 0.15) is 12.3 Å². The number of phenolic OH excluding ortho intramolecular Hbond substituents is 1. The number of hydrogen-bond acceptors (Lipinski definition) is 3. The van der Waals surface area contributed by atoms with E-state index in [0.717, 1.165) is 24.3 Å². The van der Waals surface area contributed by atoms with Gasteiger partial charge in [0.2, 0.25) is 0 Å². The van der Waals surface area contributed by atoms with Crippen molar-refractivity contribution in [3.8, 4) is 5.75 Å². The molecule has 0 atom stereocenters. The summed E-state index contributed by atoms with van der Waals surface area (Å²) in [5.74, 6) is -9.26. The molecule has 1 amide bonds. The molecule has 110 valence electrons. The van der Waals surface area contributed by atoms with Crippen molar-refractivity contribution in [3.05, 3.63) is 24.3 Å². The monoisotopic (exact) mass is 295 g/mol. The number of carboxylic acids is 1. The number of aliphatic carboxylic acids is 1. The molecule has 0 bridgehead atoms. The molecule has 1 rings (SSSR count). The van der Waals surface area contributed by atoms with E-state index in [2.05, 4.69) is 0 Å². The van der Waals surface area contributed by atoms with Crippen molar-refractivity contribution in [1.82, 2.24) is 0 Å². The Bertz CT molecular complexity index is 504. The fourth-order valence-electron chi connectivity index (χ4n) is 1.32. The standard InChI is InChI=1S/C11H9F4NO4/c12-9(13)11(14,15)10(20)16(5-8(18)19)6-1-3-7(17)4-2-6/h1-4,9,17H,5H2,(H,18,19). The number of benzene rings is 1. The third-order valence-electron chi connectivity index (χ3n) is 2.26. The zero-order valence-electron chi connectivity index (χ0n) is 9.76. The summed E-state index contributed by atoms with van der Waals surface area (Å²) in [6.45, 7) is -1.22. The number of carboxylic acid groups (broad SMARTS) is 1. The van der Waals surface area contributed by atoms with Crippen molar-refractivity contribution in [3.63, 3.8) is 0 Å². The van der Waals surface area contributed by atoms with Crippen LogP contribution in [0.4, 0.5) is 23.2 Å². The van der Waals surface area contributed by atoms with E-state index in [-0.39, 0.29) is 16.3 Å². The van der Waals surface area contributed by atoms with Gasteiger partial charge in [0.25, 0.3) is 0 Å². The van der Waals surface area contributed by atoms with Crippen LogP contribution in [0.1, 0.15) is 0 Å². The van der Waals surface area contributed by atoms with Crippen molar-refractivity contribution in [2.75, 3.05) is 11.4 Å². The summed E-state index contributed by atoms with van der Waals surface area (Å²) in [6, 6.07) is 3.91. The van der Waals surface area contributed by atoms with Crippen LogP contribution in [-0.2, 0) is 9.59 Å². The first-order valence-electron chi connectivity index (χ1n) is 5.15. The molecule has 2 N–H and O–H groups in total. The SMILES string of the molecule is O=C(O)CN(C(=O)C(F)(F)C(F)F)c1ccc(O)cc1. The predicted molar refractivity (Wildman–Crippen MR) is 59.0 cm³/mol. The smallest absolute Gasteiger partial charge is 0.384 e. The molecule has 0 heterocycles. The van der Waals surface area contributed by atoms with Gasteiger partial charge in [-0.3, -0.25) is 14.5 Å². The van der Waals surface area contributed by atoms with Crippen LogP contribution in [0.15, 0.2) is 24.3 Å². The number of carbonyl (C=O) groups is 2. The Kier molecular flexibility index (Phi) is 4.53. The topological polar surface area (TPSA) is 77.8 Å². The van der Waals surface area contributed by atoms with Crippen molar-refractivity contribution in [1.29, 1.82) is 0 Å². The van der Waals surface area contributed by atoms with Crippen LogP contribution in [0.2, 0.25) is 0 Å². The summed E-state index contributed by atoms with van der Waals surface area (Å²) in [4.78, 5) is 22.0. The predicted octanol–water partition coefficient (Wildman–Crippen LogP) is 1.71. The van der Waals surface area contributed by atoms with Crippen LogP contribution >= 0.6 is 0 Å². The lowest BCUT2D eigenvalue weighted by atomic mass is 10.2. The van der Waals surface area contributed by atoms with Gasteiger partial charge >= 0.3 is 24.2 Å². The van der Waals surface area contributed by atoms with Gasteiger partial charge in [-0.1, -0.05) is 0 Å². The molecule has 20 heavy (non-hydrogen) atoms. The summed E-state index contributed by atoms with van der Waals surface area (Å²) in [7, 11) is 0. The Hall–Kier alpha value is -2.32. The Morgan fingerprint density at radius 3 is 2.10 bits per heavy atom. The maximum absolute atomic E-state index is 13.0. The highest BCUT2D eigenvalue weighted by molar-refractivity contribution is 6.01. The summed E-state index contributed by atoms with van der Waals surface area (Å²) in [5, 5.41) is 17.6. The van der Waals surface area contributed by atoms with Crippen molar-refractivity contribution < 1.29 is 37.4 Å². The van der Waals surface area contributed by atoms with E-state index >= 15 is 0 Å². The molecule has 0 saturated heterocycles. The third-order valence-corrected chi connectivity index (χ3v) is 2.26. The van der Waals surface area contributed by atoms with E-state index in [1.54, 1.807) is 0 Å². The maximum atomic E-state index is 13.0. The molecule has 0 saturated carbocycles. The van der Waals surface area contributed by atoms with Crippen LogP contribution in [0.25, 0.3) is 0 Å². The van der Waals surface area contributed by atoms with Crippen LogP contribution in [-0.4, -0.2) is 41.0 Å². The van der Waals surface area contributed by atoms with E-state index in [9.17, 15) is 27.2 Å². The first-order chi connectivity index (χ1) is 9.16. The zero-order chi connectivity index (χ0) is 15.5. The minimum absolute atomic E-state index is 0.00787. The highest BCUT2D eigenvalue weighted by Gasteiger charge is 2.51. The summed E-state index contributed by atoms with van der Waals surface area (Å²) in [6.07, 6.45) is -4.26. The van der Waals surface area contributed by atoms with Gasteiger partial charge in [0.05, 0.1) is 0 Å². The third kappa shape index (κ3) is 3.37. The molecule has 0 aliphatic carbocycles. The minimum atomic E-state index is -5.01. The van der Waals surface area contributed by atoms with Crippen LogP contribution in [0, 0.1) is 0 Å². The summed E-state index contributed by atoms with van der Waals surface area (Å²) in [5.41, 5.74) is -0.351. The fourth-order valence-corrected chi connectivity index (χ4v) is 1.32. The lowest BCUT2D eigenvalue weighted by Gasteiger charge is -2.25. The molecule has 0 aliphatic heterocycles. The van der Waals surface area contributed by atoms with E-state index in [0.29, 0.717) is 0 Å². The molecular weight excluding hydrogens is 286 g/mol. The molecule has 0 radical (unpaired) electrons. The number of phenols is 1. The largest absolute Gasteiger partial charge is 0.508 e. The van der Waals surface area contributed by atoms with E-state index < -0.39 is 30.8 Å². The van der Waals surface area contributed by atoms with E-state index in [4.69, 9.17) is 10.2 Å². The average Bonchev–Trinajstić information content (AvgIpc) is 2.35. The van der Waals surface area contributed by atoms with Crippen molar-refractivity contribution >= 4 is 17.6 Å². The molecule has 1 aromatic rings. The molecule has 0 spiro atoms. The number of rotatable bonds is 5. The second-order valence-electron chi connectivity index (χ2n) is 3.73. The van der Waals surface area contributed by atoms with Gasteiger partial charge in [-0.25, -0.2) is 8.78 Å². The maximum Gasteiger partial charge on any atom is 0.384 e. The molecular formula is C11H9F4NO4. The zero-order valence-corrected chi connectivity index (χ0v) is 9.76. The van der Waals surface area contributed by atoms with Crippen LogP contribution in [0.5, 0.6) is 5.75 Å². The van der Waals surface area contributed by atoms with Gasteiger partial charge < -0.3 is 10.2 Å². The Labute approximate surface area is 110 Å². The number of alkyl halides is 4. The Morgan fingerprint density at radius 2 is 1.70 bits per heavy atom. The summed E-state index contributed by atoms with van der Waals surface area (Å²) >= 11 is 0. The van der Waals surface area contributed by atoms with Gasteiger partial charge in [0.15, 0.2) is 0 Å². The second kappa shape index (κ2) is 5.76. The van der Waals surface area contributed by atoms with Gasteiger partial charge in [0, 0.05) is 5.69 Å². The number of nitrogens with zero attached hydrogens (tertiary/aromatic N) is 1. The molecule has 0 unspecified atom stereocenters. The van der Waals surface area contributed by atoms with Crippen molar-refractivity contribution in [2.24, 2.45) is 0 Å². The lowest BCUT2D eigenvalue weighted by molar-refractivity contribution is -0.167. The van der Waals surface area contributed by atoms with E-state index in [1.165, 1.54) is 0 Å². The van der Waals surface area contributed by atoms with Crippen LogP contribution in [0.3, 0.4) is 0 Å². The number of anilines is 1. The number of aromatic hydroxyl groups is 1. The van der Waals surface area contributed by atoms with Gasteiger partial charge in [-0.2, -0.15) is 8.78 Å². The number of amides is 1. The number of carbonyl (C=O) groups excluding carboxylic acids is 1. The number of halogens is 4. The number of hydrogen-bond donors (Lipinski definition) is 2. The van der Waals surface area contributed by atoms with Gasteiger partial charge in [-0.05, 0) is 24.3 Å². The molecule has 5 nitrogen and oxygen atoms in total. The molecule has 1 aromatic carbocycles. The molecule has 0 fully saturated rings. The van der Waals surface area contributed by atoms with Crippen molar-refractivity contribution in [2.45, 2.75) is 12.3 Å². The normalized spacial score (nSPS) is 11.4. The first kappa shape index (κ1) is 15.7.